The van der Waals surface area contributed by atoms with Crippen molar-refractivity contribution in [3.63, 3.8) is 0 Å². The van der Waals surface area contributed by atoms with Gasteiger partial charge in [0, 0.05) is 37.4 Å². The molecule has 0 aliphatic carbocycles. The van der Waals surface area contributed by atoms with Gasteiger partial charge in [0.05, 0.1) is 6.10 Å². The number of nitrogens with one attached hydrogen (secondary N) is 1. The highest BCUT2D eigenvalue weighted by Gasteiger charge is 2.18. The van der Waals surface area contributed by atoms with Crippen LogP contribution in [0.15, 0.2) is 48.5 Å². The highest BCUT2D eigenvalue weighted by molar-refractivity contribution is 5.94. The van der Waals surface area contributed by atoms with E-state index in [-0.39, 0.29) is 12.5 Å². The number of rotatable bonds is 5. The summed E-state index contributed by atoms with van der Waals surface area (Å²) in [6.45, 7) is 2.55. The topological polar surface area (TPSA) is 78.6 Å². The number of hydrogen-bond acceptors (Lipinski definition) is 4. The maximum atomic E-state index is 12.1. The second-order valence-electron chi connectivity index (χ2n) is 6.24. The van der Waals surface area contributed by atoms with Crippen LogP contribution in [0.3, 0.4) is 0 Å². The van der Waals surface area contributed by atoms with Crippen molar-refractivity contribution in [3.05, 3.63) is 65.2 Å². The van der Waals surface area contributed by atoms with Crippen molar-refractivity contribution in [1.29, 1.82) is 0 Å². The number of nitrogens with zero attached hydrogens (tertiary/aromatic N) is 1. The largest absolute Gasteiger partial charge is 0.399 e. The second kappa shape index (κ2) is 7.47. The number of nitrogen functional groups attached to an aromatic ring is 1. The minimum absolute atomic E-state index is 0.217. The summed E-state index contributed by atoms with van der Waals surface area (Å²) in [6, 6.07) is 15.2. The van der Waals surface area contributed by atoms with Crippen molar-refractivity contribution in [2.24, 2.45) is 0 Å². The number of aliphatic hydroxyl groups excluding tert-OH is 1. The SMILES string of the molecule is Nc1cccc(C(=O)NCC(O)CN2CCc3ccccc3C2)c1. The Balaban J connectivity index is 1.48. The predicted octanol–water partition coefficient (Wildman–Crippen LogP) is 1.42. The molecule has 1 atom stereocenters. The molecular weight excluding hydrogens is 302 g/mol. The van der Waals surface area contributed by atoms with Crippen LogP contribution in [0.2, 0.25) is 0 Å². The number of carbonyl (C=O) groups excluding carboxylic acids is 1. The second-order valence-corrected chi connectivity index (χ2v) is 6.24. The summed E-state index contributed by atoms with van der Waals surface area (Å²) >= 11 is 0. The monoisotopic (exact) mass is 325 g/mol. The number of amides is 1. The summed E-state index contributed by atoms with van der Waals surface area (Å²) in [5.74, 6) is -0.217. The average molecular weight is 325 g/mol. The number of carbonyl (C=O) groups is 1. The summed E-state index contributed by atoms with van der Waals surface area (Å²) in [4.78, 5) is 14.3. The van der Waals surface area contributed by atoms with Crippen LogP contribution in [0.4, 0.5) is 5.69 Å². The molecular formula is C19H23N3O2. The molecule has 5 heteroatoms. The zero-order chi connectivity index (χ0) is 16.9. The maximum Gasteiger partial charge on any atom is 0.251 e. The molecule has 2 aromatic rings. The molecule has 0 spiro atoms. The van der Waals surface area contributed by atoms with Crippen molar-refractivity contribution >= 4 is 11.6 Å². The molecule has 1 aliphatic rings. The Hall–Kier alpha value is -2.37. The molecule has 1 amide bonds. The van der Waals surface area contributed by atoms with Crippen LogP contribution in [-0.4, -0.2) is 41.7 Å². The van der Waals surface area contributed by atoms with Crippen LogP contribution >= 0.6 is 0 Å². The molecule has 0 bridgehead atoms. The van der Waals surface area contributed by atoms with Gasteiger partial charge in [0.25, 0.3) is 5.91 Å². The fraction of sp³-hybridized carbons (Fsp3) is 0.316. The van der Waals surface area contributed by atoms with Gasteiger partial charge >= 0.3 is 0 Å². The van der Waals surface area contributed by atoms with E-state index in [0.29, 0.717) is 17.8 Å². The first-order valence-electron chi connectivity index (χ1n) is 8.23. The molecule has 0 radical (unpaired) electrons. The molecule has 0 fully saturated rings. The van der Waals surface area contributed by atoms with Gasteiger partial charge in [-0.25, -0.2) is 0 Å². The van der Waals surface area contributed by atoms with E-state index in [0.717, 1.165) is 19.5 Å². The van der Waals surface area contributed by atoms with Gasteiger partial charge in [-0.2, -0.15) is 0 Å². The predicted molar refractivity (Wildman–Crippen MR) is 94.6 cm³/mol. The standard InChI is InChI=1S/C19H23N3O2/c20-17-7-3-6-15(10-17)19(24)21-11-18(23)13-22-9-8-14-4-1-2-5-16(14)12-22/h1-7,10,18,23H,8-9,11-13,20H2,(H,21,24). The molecule has 1 aliphatic heterocycles. The number of benzene rings is 2. The number of β-amino-alcohol motifs (C(OH)–C–C–N with tert-alkyl or cyclic N) is 1. The quantitative estimate of drug-likeness (QED) is 0.727. The first-order chi connectivity index (χ1) is 11.6. The average Bonchev–Trinajstić information content (AvgIpc) is 2.59. The van der Waals surface area contributed by atoms with E-state index in [1.165, 1.54) is 11.1 Å². The van der Waals surface area contributed by atoms with Crippen molar-refractivity contribution in [2.75, 3.05) is 25.4 Å². The third kappa shape index (κ3) is 4.13. The summed E-state index contributed by atoms with van der Waals surface area (Å²) in [6.07, 6.45) is 0.402. The van der Waals surface area contributed by atoms with Crippen LogP contribution in [0.25, 0.3) is 0 Å². The van der Waals surface area contributed by atoms with Gasteiger partial charge in [0.2, 0.25) is 0 Å². The Kier molecular flexibility index (Phi) is 5.13. The molecule has 2 aromatic carbocycles. The van der Waals surface area contributed by atoms with Gasteiger partial charge in [0.15, 0.2) is 0 Å². The highest BCUT2D eigenvalue weighted by atomic mass is 16.3. The maximum absolute atomic E-state index is 12.1. The molecule has 0 aromatic heterocycles. The van der Waals surface area contributed by atoms with Crippen LogP contribution in [0.5, 0.6) is 0 Å². The van der Waals surface area contributed by atoms with Crippen LogP contribution in [0, 0.1) is 0 Å². The molecule has 24 heavy (non-hydrogen) atoms. The molecule has 1 heterocycles. The minimum Gasteiger partial charge on any atom is -0.399 e. The third-order valence-corrected chi connectivity index (χ3v) is 4.33. The molecule has 5 nitrogen and oxygen atoms in total. The van der Waals surface area contributed by atoms with E-state index in [1.807, 2.05) is 6.07 Å². The highest BCUT2D eigenvalue weighted by Crippen LogP contribution is 2.18. The van der Waals surface area contributed by atoms with Crippen LogP contribution < -0.4 is 11.1 Å². The number of nitrogens with two attached hydrogens (primary N) is 1. The van der Waals surface area contributed by atoms with E-state index in [2.05, 4.69) is 28.4 Å². The van der Waals surface area contributed by atoms with E-state index >= 15 is 0 Å². The van der Waals surface area contributed by atoms with E-state index in [9.17, 15) is 9.90 Å². The molecule has 0 saturated carbocycles. The lowest BCUT2D eigenvalue weighted by molar-refractivity contribution is 0.0842. The zero-order valence-electron chi connectivity index (χ0n) is 13.6. The number of aliphatic hydroxyl groups is 1. The van der Waals surface area contributed by atoms with Gasteiger partial charge < -0.3 is 16.2 Å². The Morgan fingerprint density at radius 1 is 1.21 bits per heavy atom. The smallest absolute Gasteiger partial charge is 0.251 e. The normalized spacial score (nSPS) is 15.5. The van der Waals surface area contributed by atoms with Crippen LogP contribution in [-0.2, 0) is 13.0 Å². The number of hydrogen-bond donors (Lipinski definition) is 3. The summed E-state index contributed by atoms with van der Waals surface area (Å²) in [5, 5.41) is 13.0. The lowest BCUT2D eigenvalue weighted by atomic mass is 10.00. The summed E-state index contributed by atoms with van der Waals surface area (Å²) in [5.41, 5.74) is 9.44. The van der Waals surface area contributed by atoms with Gasteiger partial charge in [-0.1, -0.05) is 30.3 Å². The minimum atomic E-state index is -0.597. The van der Waals surface area contributed by atoms with E-state index in [4.69, 9.17) is 5.73 Å². The molecule has 4 N–H and O–H groups in total. The van der Waals surface area contributed by atoms with Gasteiger partial charge in [-0.05, 0) is 35.7 Å². The van der Waals surface area contributed by atoms with E-state index in [1.54, 1.807) is 24.3 Å². The lowest BCUT2D eigenvalue weighted by Crippen LogP contribution is -2.42. The Morgan fingerprint density at radius 3 is 2.79 bits per heavy atom. The Morgan fingerprint density at radius 2 is 2.00 bits per heavy atom. The fourth-order valence-electron chi connectivity index (χ4n) is 3.07. The van der Waals surface area contributed by atoms with Gasteiger partial charge in [-0.3, -0.25) is 9.69 Å². The Bertz CT molecular complexity index is 717. The van der Waals surface area contributed by atoms with Crippen molar-refractivity contribution < 1.29 is 9.90 Å². The van der Waals surface area contributed by atoms with E-state index < -0.39 is 6.10 Å². The summed E-state index contributed by atoms with van der Waals surface area (Å²) < 4.78 is 0. The lowest BCUT2D eigenvalue weighted by Gasteiger charge is -2.30. The molecule has 1 unspecified atom stereocenters. The first-order valence-corrected chi connectivity index (χ1v) is 8.23. The third-order valence-electron chi connectivity index (χ3n) is 4.33. The Labute approximate surface area is 142 Å². The first kappa shape index (κ1) is 16.5. The summed E-state index contributed by atoms with van der Waals surface area (Å²) in [7, 11) is 0. The number of anilines is 1. The molecule has 3 rings (SSSR count). The fourth-order valence-corrected chi connectivity index (χ4v) is 3.07. The van der Waals surface area contributed by atoms with Gasteiger partial charge in [0.1, 0.15) is 0 Å². The van der Waals surface area contributed by atoms with Gasteiger partial charge in [-0.15, -0.1) is 0 Å². The molecule has 126 valence electrons. The zero-order valence-corrected chi connectivity index (χ0v) is 13.6. The van der Waals surface area contributed by atoms with Crippen LogP contribution in [0.1, 0.15) is 21.5 Å². The van der Waals surface area contributed by atoms with Crippen molar-refractivity contribution in [1.82, 2.24) is 10.2 Å². The molecule has 0 saturated heterocycles. The van der Waals surface area contributed by atoms with Crippen molar-refractivity contribution in [3.8, 4) is 0 Å². The number of fused-ring (bicyclic) bond motifs is 1. The van der Waals surface area contributed by atoms with Crippen molar-refractivity contribution in [2.45, 2.75) is 19.1 Å².